The SMILES string of the molecule is O=C(Nc1ccccc1-c1nc2ccccc2[nH]1)c1ccno1. The molecule has 4 aromatic rings. The molecule has 0 saturated heterocycles. The fourth-order valence-electron chi connectivity index (χ4n) is 2.40. The average Bonchev–Trinajstić information content (AvgIpc) is 3.25. The number of para-hydroxylation sites is 3. The molecule has 0 bridgehead atoms. The molecule has 0 atom stereocenters. The van der Waals surface area contributed by atoms with Crippen molar-refractivity contribution >= 4 is 22.6 Å². The van der Waals surface area contributed by atoms with Gasteiger partial charge in [0, 0.05) is 11.6 Å². The summed E-state index contributed by atoms with van der Waals surface area (Å²) in [5.74, 6) is 0.496. The average molecular weight is 304 g/mol. The van der Waals surface area contributed by atoms with Crippen LogP contribution in [-0.2, 0) is 0 Å². The smallest absolute Gasteiger partial charge is 0.294 e. The van der Waals surface area contributed by atoms with Crippen LogP contribution in [0.2, 0.25) is 0 Å². The summed E-state index contributed by atoms with van der Waals surface area (Å²) in [6.07, 6.45) is 1.43. The Kier molecular flexibility index (Phi) is 3.12. The number of amides is 1. The van der Waals surface area contributed by atoms with Crippen LogP contribution in [0, 0.1) is 0 Å². The van der Waals surface area contributed by atoms with Crippen LogP contribution in [-0.4, -0.2) is 21.0 Å². The van der Waals surface area contributed by atoms with E-state index >= 15 is 0 Å². The zero-order chi connectivity index (χ0) is 15.6. The van der Waals surface area contributed by atoms with Crippen LogP contribution in [0.3, 0.4) is 0 Å². The Labute approximate surface area is 131 Å². The number of nitrogens with one attached hydrogen (secondary N) is 2. The van der Waals surface area contributed by atoms with Crippen molar-refractivity contribution in [2.75, 3.05) is 5.32 Å². The number of hydrogen-bond donors (Lipinski definition) is 2. The first kappa shape index (κ1) is 13.3. The van der Waals surface area contributed by atoms with Crippen LogP contribution in [0.4, 0.5) is 5.69 Å². The van der Waals surface area contributed by atoms with E-state index in [-0.39, 0.29) is 11.7 Å². The molecular formula is C17H12N4O2. The monoisotopic (exact) mass is 304 g/mol. The minimum absolute atomic E-state index is 0.157. The largest absolute Gasteiger partial charge is 0.351 e. The molecule has 2 heterocycles. The molecule has 2 aromatic carbocycles. The maximum atomic E-state index is 12.2. The van der Waals surface area contributed by atoms with Gasteiger partial charge in [0.25, 0.3) is 5.91 Å². The van der Waals surface area contributed by atoms with Crippen LogP contribution in [0.15, 0.2) is 65.3 Å². The molecule has 23 heavy (non-hydrogen) atoms. The molecule has 112 valence electrons. The summed E-state index contributed by atoms with van der Waals surface area (Å²) in [7, 11) is 0. The highest BCUT2D eigenvalue weighted by Crippen LogP contribution is 2.27. The Bertz CT molecular complexity index is 940. The van der Waals surface area contributed by atoms with Crippen LogP contribution >= 0.6 is 0 Å². The number of anilines is 1. The van der Waals surface area contributed by atoms with E-state index in [1.165, 1.54) is 12.3 Å². The number of carbonyl (C=O) groups is 1. The number of benzene rings is 2. The predicted molar refractivity (Wildman–Crippen MR) is 86.0 cm³/mol. The standard InChI is InChI=1S/C17H12N4O2/c22-17(15-9-10-18-23-15)21-12-6-2-1-5-11(12)16-19-13-7-3-4-8-14(13)20-16/h1-10H,(H,19,20)(H,21,22). The lowest BCUT2D eigenvalue weighted by atomic mass is 10.1. The first-order valence-electron chi connectivity index (χ1n) is 7.07. The first-order valence-corrected chi connectivity index (χ1v) is 7.07. The van der Waals surface area contributed by atoms with Crippen LogP contribution in [0.25, 0.3) is 22.4 Å². The molecule has 0 unspecified atom stereocenters. The number of imidazole rings is 1. The van der Waals surface area contributed by atoms with E-state index in [2.05, 4.69) is 20.4 Å². The highest BCUT2D eigenvalue weighted by molar-refractivity contribution is 6.04. The number of rotatable bonds is 3. The second-order valence-electron chi connectivity index (χ2n) is 4.98. The van der Waals surface area contributed by atoms with E-state index < -0.39 is 0 Å². The Hall–Kier alpha value is -3.41. The summed E-state index contributed by atoms with van der Waals surface area (Å²) < 4.78 is 4.88. The minimum atomic E-state index is -0.355. The number of fused-ring (bicyclic) bond motifs is 1. The molecular weight excluding hydrogens is 292 g/mol. The van der Waals surface area contributed by atoms with Crippen molar-refractivity contribution in [2.24, 2.45) is 0 Å². The first-order chi connectivity index (χ1) is 11.3. The summed E-state index contributed by atoms with van der Waals surface area (Å²) in [6.45, 7) is 0. The van der Waals surface area contributed by atoms with Gasteiger partial charge in [0.05, 0.1) is 22.9 Å². The fourth-order valence-corrected chi connectivity index (χ4v) is 2.40. The maximum Gasteiger partial charge on any atom is 0.294 e. The van der Waals surface area contributed by atoms with Crippen molar-refractivity contribution in [1.82, 2.24) is 15.1 Å². The van der Waals surface area contributed by atoms with Crippen molar-refractivity contribution in [3.63, 3.8) is 0 Å². The van der Waals surface area contributed by atoms with Crippen LogP contribution in [0.1, 0.15) is 10.6 Å². The van der Waals surface area contributed by atoms with Gasteiger partial charge in [0.15, 0.2) is 0 Å². The molecule has 1 amide bonds. The maximum absolute atomic E-state index is 12.2. The van der Waals surface area contributed by atoms with E-state index in [1.807, 2.05) is 48.5 Å². The van der Waals surface area contributed by atoms with E-state index in [0.29, 0.717) is 11.5 Å². The molecule has 2 N–H and O–H groups in total. The normalized spacial score (nSPS) is 10.8. The van der Waals surface area contributed by atoms with Crippen molar-refractivity contribution < 1.29 is 9.32 Å². The van der Waals surface area contributed by atoms with Gasteiger partial charge in [-0.3, -0.25) is 4.79 Å². The number of H-pyrrole nitrogens is 1. The van der Waals surface area contributed by atoms with Gasteiger partial charge in [0.2, 0.25) is 5.76 Å². The zero-order valence-electron chi connectivity index (χ0n) is 12.0. The van der Waals surface area contributed by atoms with Crippen LogP contribution < -0.4 is 5.32 Å². The predicted octanol–water partition coefficient (Wildman–Crippen LogP) is 3.47. The van der Waals surface area contributed by atoms with Gasteiger partial charge in [-0.25, -0.2) is 4.98 Å². The molecule has 0 spiro atoms. The Morgan fingerprint density at radius 2 is 1.87 bits per heavy atom. The second kappa shape index (κ2) is 5.42. The fraction of sp³-hybridized carbons (Fsp3) is 0. The van der Waals surface area contributed by atoms with Gasteiger partial charge in [-0.1, -0.05) is 29.4 Å². The third-order valence-electron chi connectivity index (χ3n) is 3.48. The zero-order valence-corrected chi connectivity index (χ0v) is 12.0. The minimum Gasteiger partial charge on any atom is -0.351 e. The summed E-state index contributed by atoms with van der Waals surface area (Å²) in [5.41, 5.74) is 3.27. The van der Waals surface area contributed by atoms with E-state index in [9.17, 15) is 4.79 Å². The lowest BCUT2D eigenvalue weighted by Crippen LogP contribution is -2.11. The Morgan fingerprint density at radius 1 is 1.04 bits per heavy atom. The van der Waals surface area contributed by atoms with Crippen molar-refractivity contribution in [3.8, 4) is 11.4 Å². The van der Waals surface area contributed by atoms with Gasteiger partial charge in [-0.15, -0.1) is 0 Å². The number of carbonyl (C=O) groups excluding carboxylic acids is 1. The van der Waals surface area contributed by atoms with Gasteiger partial charge in [-0.2, -0.15) is 0 Å². The molecule has 6 heteroatoms. The quantitative estimate of drug-likeness (QED) is 0.607. The molecule has 0 fully saturated rings. The van der Waals surface area contributed by atoms with Crippen molar-refractivity contribution in [2.45, 2.75) is 0 Å². The lowest BCUT2D eigenvalue weighted by molar-refractivity contribution is 0.0988. The molecule has 2 aromatic heterocycles. The molecule has 0 aliphatic heterocycles. The summed E-state index contributed by atoms with van der Waals surface area (Å²) >= 11 is 0. The Morgan fingerprint density at radius 3 is 2.70 bits per heavy atom. The highest BCUT2D eigenvalue weighted by atomic mass is 16.5. The summed E-state index contributed by atoms with van der Waals surface area (Å²) in [5, 5.41) is 6.36. The Balaban J connectivity index is 1.73. The van der Waals surface area contributed by atoms with E-state index in [0.717, 1.165) is 16.6 Å². The number of nitrogens with zero attached hydrogens (tertiary/aromatic N) is 2. The van der Waals surface area contributed by atoms with Gasteiger partial charge in [0.1, 0.15) is 5.82 Å². The number of aromatic amines is 1. The molecule has 0 saturated carbocycles. The van der Waals surface area contributed by atoms with Crippen molar-refractivity contribution in [1.29, 1.82) is 0 Å². The number of hydrogen-bond acceptors (Lipinski definition) is 4. The number of aromatic nitrogens is 3. The molecule has 0 aliphatic rings. The third kappa shape index (κ3) is 2.46. The molecule has 0 radical (unpaired) electrons. The highest BCUT2D eigenvalue weighted by Gasteiger charge is 2.14. The van der Waals surface area contributed by atoms with Gasteiger partial charge < -0.3 is 14.8 Å². The second-order valence-corrected chi connectivity index (χ2v) is 4.98. The summed E-state index contributed by atoms with van der Waals surface area (Å²) in [6, 6.07) is 16.7. The van der Waals surface area contributed by atoms with Gasteiger partial charge >= 0.3 is 0 Å². The van der Waals surface area contributed by atoms with E-state index in [1.54, 1.807) is 0 Å². The van der Waals surface area contributed by atoms with Crippen LogP contribution in [0.5, 0.6) is 0 Å². The third-order valence-corrected chi connectivity index (χ3v) is 3.48. The summed E-state index contributed by atoms with van der Waals surface area (Å²) in [4.78, 5) is 20.0. The molecule has 4 rings (SSSR count). The van der Waals surface area contributed by atoms with Crippen molar-refractivity contribution in [3.05, 3.63) is 66.6 Å². The van der Waals surface area contributed by atoms with Gasteiger partial charge in [-0.05, 0) is 24.3 Å². The topological polar surface area (TPSA) is 83.8 Å². The lowest BCUT2D eigenvalue weighted by Gasteiger charge is -2.07. The molecule has 6 nitrogen and oxygen atoms in total. The van der Waals surface area contributed by atoms with E-state index in [4.69, 9.17) is 4.52 Å². The molecule has 0 aliphatic carbocycles.